The van der Waals surface area contributed by atoms with Crippen LogP contribution < -0.4 is 5.32 Å². The molecule has 0 bridgehead atoms. The maximum Gasteiger partial charge on any atom is 0.0711 e. The van der Waals surface area contributed by atoms with Gasteiger partial charge in [0.2, 0.25) is 0 Å². The Morgan fingerprint density at radius 3 is 2.83 bits per heavy atom. The third-order valence-electron chi connectivity index (χ3n) is 3.60. The average molecular weight is 249 g/mol. The molecule has 1 aliphatic rings. The molecular weight excluding hydrogens is 226 g/mol. The van der Waals surface area contributed by atoms with Crippen LogP contribution in [0.4, 0.5) is 0 Å². The van der Waals surface area contributed by atoms with Gasteiger partial charge in [-0.15, -0.1) is 0 Å². The molecule has 0 radical (unpaired) electrons. The van der Waals surface area contributed by atoms with Crippen LogP contribution in [0.3, 0.4) is 0 Å². The zero-order chi connectivity index (χ0) is 12.8. The van der Waals surface area contributed by atoms with Gasteiger partial charge in [0.15, 0.2) is 0 Å². The first-order chi connectivity index (χ1) is 8.81. The van der Waals surface area contributed by atoms with Crippen LogP contribution in [-0.4, -0.2) is 48.8 Å². The predicted molar refractivity (Wildman–Crippen MR) is 72.4 cm³/mol. The van der Waals surface area contributed by atoms with E-state index in [9.17, 15) is 0 Å². The Kier molecular flexibility index (Phi) is 5.11. The van der Waals surface area contributed by atoms with Gasteiger partial charge >= 0.3 is 0 Å². The zero-order valence-corrected chi connectivity index (χ0v) is 11.3. The van der Waals surface area contributed by atoms with Gasteiger partial charge in [0.1, 0.15) is 0 Å². The van der Waals surface area contributed by atoms with Crippen LogP contribution in [-0.2, 0) is 11.3 Å². The number of rotatable bonds is 6. The van der Waals surface area contributed by atoms with Crippen molar-refractivity contribution in [2.24, 2.45) is 0 Å². The summed E-state index contributed by atoms with van der Waals surface area (Å²) in [7, 11) is 1.79. The zero-order valence-electron chi connectivity index (χ0n) is 11.3. The molecule has 18 heavy (non-hydrogen) atoms. The Morgan fingerprint density at radius 2 is 2.22 bits per heavy atom. The Hall–Kier alpha value is -0.970. The van der Waals surface area contributed by atoms with E-state index in [0.29, 0.717) is 12.1 Å². The topological polar surface area (TPSA) is 37.4 Å². The van der Waals surface area contributed by atoms with Crippen LogP contribution in [0.2, 0.25) is 0 Å². The summed E-state index contributed by atoms with van der Waals surface area (Å²) in [5.74, 6) is 0. The lowest BCUT2D eigenvalue weighted by Gasteiger charge is -2.24. The van der Waals surface area contributed by atoms with E-state index in [1.54, 1.807) is 7.11 Å². The fourth-order valence-electron chi connectivity index (χ4n) is 2.46. The molecule has 2 heterocycles. The van der Waals surface area contributed by atoms with Gasteiger partial charge in [0, 0.05) is 45.2 Å². The molecule has 1 aliphatic heterocycles. The molecule has 1 saturated heterocycles. The summed E-state index contributed by atoms with van der Waals surface area (Å²) in [6.07, 6.45) is 5.22. The summed E-state index contributed by atoms with van der Waals surface area (Å²) in [6.45, 7) is 6.34. The normalized spacial score (nSPS) is 23.7. The largest absolute Gasteiger partial charge is 0.380 e. The molecule has 2 unspecified atom stereocenters. The van der Waals surface area contributed by atoms with E-state index >= 15 is 0 Å². The number of pyridine rings is 1. The molecule has 0 spiro atoms. The summed E-state index contributed by atoms with van der Waals surface area (Å²) >= 11 is 0. The molecule has 1 N–H and O–H groups in total. The second-order valence-corrected chi connectivity index (χ2v) is 4.88. The summed E-state index contributed by atoms with van der Waals surface area (Å²) in [4.78, 5) is 6.52. The van der Waals surface area contributed by atoms with E-state index in [4.69, 9.17) is 4.74 Å². The average Bonchev–Trinajstić information content (AvgIpc) is 2.87. The minimum absolute atomic E-state index is 0.384. The molecule has 0 aliphatic carbocycles. The molecule has 100 valence electrons. The molecule has 4 nitrogen and oxygen atoms in total. The molecule has 2 rings (SSSR count). The van der Waals surface area contributed by atoms with Crippen LogP contribution >= 0.6 is 0 Å². The Morgan fingerprint density at radius 1 is 1.44 bits per heavy atom. The fraction of sp³-hybridized carbons (Fsp3) is 0.643. The van der Waals surface area contributed by atoms with E-state index in [2.05, 4.69) is 34.3 Å². The summed E-state index contributed by atoms with van der Waals surface area (Å²) in [6, 6.07) is 4.72. The third-order valence-corrected chi connectivity index (χ3v) is 3.60. The highest BCUT2D eigenvalue weighted by atomic mass is 16.5. The third kappa shape index (κ3) is 3.77. The van der Waals surface area contributed by atoms with E-state index in [-0.39, 0.29) is 0 Å². The predicted octanol–water partition coefficient (Wildman–Crippen LogP) is 1.28. The SMILES string of the molecule is CCN(Cc1ccncc1)CC1CC(OC)CN1. The van der Waals surface area contributed by atoms with E-state index in [1.165, 1.54) is 5.56 Å². The van der Waals surface area contributed by atoms with Gasteiger partial charge in [-0.05, 0) is 30.7 Å². The first kappa shape index (κ1) is 13.5. The fourth-order valence-corrected chi connectivity index (χ4v) is 2.46. The monoisotopic (exact) mass is 249 g/mol. The van der Waals surface area contributed by atoms with Gasteiger partial charge in [-0.3, -0.25) is 9.88 Å². The maximum absolute atomic E-state index is 5.39. The summed E-state index contributed by atoms with van der Waals surface area (Å²) in [5, 5.41) is 3.53. The summed E-state index contributed by atoms with van der Waals surface area (Å²) < 4.78 is 5.39. The number of hydrogen-bond acceptors (Lipinski definition) is 4. The van der Waals surface area contributed by atoms with Crippen molar-refractivity contribution in [1.82, 2.24) is 15.2 Å². The molecule has 0 aromatic carbocycles. The van der Waals surface area contributed by atoms with Crippen molar-refractivity contribution in [2.75, 3.05) is 26.7 Å². The second-order valence-electron chi connectivity index (χ2n) is 4.88. The highest BCUT2D eigenvalue weighted by molar-refractivity contribution is 5.09. The first-order valence-electron chi connectivity index (χ1n) is 6.69. The summed E-state index contributed by atoms with van der Waals surface area (Å²) in [5.41, 5.74) is 1.33. The van der Waals surface area contributed by atoms with Crippen molar-refractivity contribution >= 4 is 0 Å². The Bertz CT molecular complexity index is 344. The van der Waals surface area contributed by atoms with Crippen molar-refractivity contribution in [3.8, 4) is 0 Å². The molecular formula is C14H23N3O. The quantitative estimate of drug-likeness (QED) is 0.824. The Balaban J connectivity index is 1.83. The van der Waals surface area contributed by atoms with Crippen molar-refractivity contribution in [1.29, 1.82) is 0 Å². The van der Waals surface area contributed by atoms with Crippen molar-refractivity contribution in [3.63, 3.8) is 0 Å². The number of methoxy groups -OCH3 is 1. The first-order valence-corrected chi connectivity index (χ1v) is 6.69. The number of ether oxygens (including phenoxy) is 1. The van der Waals surface area contributed by atoms with Crippen LogP contribution in [0, 0.1) is 0 Å². The lowest BCUT2D eigenvalue weighted by Crippen LogP contribution is -2.37. The number of nitrogens with zero attached hydrogens (tertiary/aromatic N) is 2. The number of aromatic nitrogens is 1. The highest BCUT2D eigenvalue weighted by Crippen LogP contribution is 2.12. The molecule has 0 amide bonds. The lowest BCUT2D eigenvalue weighted by molar-refractivity contribution is 0.115. The van der Waals surface area contributed by atoms with Gasteiger partial charge in [-0.2, -0.15) is 0 Å². The molecule has 2 atom stereocenters. The number of likely N-dealkylation sites (N-methyl/N-ethyl adjacent to an activating group) is 1. The standard InChI is InChI=1S/C14H23N3O/c1-3-17(10-12-4-6-15-7-5-12)11-13-8-14(18-2)9-16-13/h4-7,13-14,16H,3,8-11H2,1-2H3. The van der Waals surface area contributed by atoms with Gasteiger partial charge < -0.3 is 10.1 Å². The molecule has 0 saturated carbocycles. The Labute approximate surface area is 109 Å². The minimum Gasteiger partial charge on any atom is -0.380 e. The maximum atomic E-state index is 5.39. The van der Waals surface area contributed by atoms with Gasteiger partial charge in [0.05, 0.1) is 6.10 Å². The van der Waals surface area contributed by atoms with Gasteiger partial charge in [0.25, 0.3) is 0 Å². The molecule has 4 heteroatoms. The number of nitrogens with one attached hydrogen (secondary N) is 1. The van der Waals surface area contributed by atoms with Crippen molar-refractivity contribution in [2.45, 2.75) is 32.0 Å². The van der Waals surface area contributed by atoms with Gasteiger partial charge in [-0.1, -0.05) is 6.92 Å². The van der Waals surface area contributed by atoms with Gasteiger partial charge in [-0.25, -0.2) is 0 Å². The molecule has 1 fully saturated rings. The van der Waals surface area contributed by atoms with E-state index in [0.717, 1.165) is 32.6 Å². The van der Waals surface area contributed by atoms with Crippen LogP contribution in [0.5, 0.6) is 0 Å². The minimum atomic E-state index is 0.384. The second kappa shape index (κ2) is 6.83. The van der Waals surface area contributed by atoms with Crippen LogP contribution in [0.25, 0.3) is 0 Å². The smallest absolute Gasteiger partial charge is 0.0711 e. The van der Waals surface area contributed by atoms with E-state index in [1.807, 2.05) is 12.4 Å². The van der Waals surface area contributed by atoms with Crippen LogP contribution in [0.1, 0.15) is 18.9 Å². The van der Waals surface area contributed by atoms with Crippen LogP contribution in [0.15, 0.2) is 24.5 Å². The number of hydrogen-bond donors (Lipinski definition) is 1. The van der Waals surface area contributed by atoms with E-state index < -0.39 is 0 Å². The van der Waals surface area contributed by atoms with Crippen molar-refractivity contribution in [3.05, 3.63) is 30.1 Å². The highest BCUT2D eigenvalue weighted by Gasteiger charge is 2.24. The lowest BCUT2D eigenvalue weighted by atomic mass is 10.1. The molecule has 1 aromatic heterocycles. The molecule has 1 aromatic rings. The van der Waals surface area contributed by atoms with Crippen molar-refractivity contribution < 1.29 is 4.74 Å².